The van der Waals surface area contributed by atoms with Crippen molar-refractivity contribution in [1.82, 2.24) is 15.0 Å². The normalized spacial score (nSPS) is 10.3. The number of benzene rings is 1. The molecule has 0 bridgehead atoms. The Hall–Kier alpha value is -2.41. The van der Waals surface area contributed by atoms with Gasteiger partial charge in [0.15, 0.2) is 5.69 Å². The van der Waals surface area contributed by atoms with Gasteiger partial charge in [-0.25, -0.2) is 14.3 Å². The van der Waals surface area contributed by atoms with E-state index in [1.54, 1.807) is 0 Å². The summed E-state index contributed by atoms with van der Waals surface area (Å²) in [5, 5.41) is 24.7. The first kappa shape index (κ1) is 12.1. The Kier molecular flexibility index (Phi) is 2.99. The molecular weight excluding hydrogens is 262 g/mol. The molecule has 2 aromatic rings. The molecule has 0 fully saturated rings. The van der Waals surface area contributed by atoms with Crippen LogP contribution in [0.5, 0.6) is 0 Å². The molecule has 18 heavy (non-hydrogen) atoms. The first-order chi connectivity index (χ1) is 8.49. The Labute approximate surface area is 105 Å². The Morgan fingerprint density at radius 3 is 2.50 bits per heavy atom. The molecule has 0 aliphatic rings. The van der Waals surface area contributed by atoms with Crippen LogP contribution in [0.1, 0.15) is 20.8 Å². The number of halogens is 1. The number of carboxylic acids is 2. The third-order valence-electron chi connectivity index (χ3n) is 2.16. The highest BCUT2D eigenvalue weighted by Gasteiger charge is 2.13. The second kappa shape index (κ2) is 4.46. The molecule has 2 rings (SSSR count). The third kappa shape index (κ3) is 2.16. The Morgan fingerprint density at radius 2 is 1.94 bits per heavy atom. The monoisotopic (exact) mass is 267 g/mol. The maximum Gasteiger partial charge on any atom is 0.358 e. The number of hydrogen-bond acceptors (Lipinski definition) is 4. The number of hydrogen-bond donors (Lipinski definition) is 2. The van der Waals surface area contributed by atoms with Gasteiger partial charge in [0.2, 0.25) is 0 Å². The van der Waals surface area contributed by atoms with Crippen LogP contribution < -0.4 is 0 Å². The van der Waals surface area contributed by atoms with Gasteiger partial charge in [0.05, 0.1) is 22.5 Å². The average molecular weight is 268 g/mol. The fourth-order valence-corrected chi connectivity index (χ4v) is 1.51. The Balaban J connectivity index is 2.47. The highest BCUT2D eigenvalue weighted by molar-refractivity contribution is 6.33. The first-order valence-electron chi connectivity index (χ1n) is 4.68. The molecule has 1 heterocycles. The predicted octanol–water partition coefficient (Wildman–Crippen LogP) is 1.32. The van der Waals surface area contributed by atoms with Gasteiger partial charge in [-0.3, -0.25) is 0 Å². The zero-order valence-corrected chi connectivity index (χ0v) is 9.50. The summed E-state index contributed by atoms with van der Waals surface area (Å²) in [5.74, 6) is -2.39. The lowest BCUT2D eigenvalue weighted by molar-refractivity contribution is 0.0682. The van der Waals surface area contributed by atoms with Crippen LogP contribution >= 0.6 is 11.6 Å². The summed E-state index contributed by atoms with van der Waals surface area (Å²) >= 11 is 5.71. The van der Waals surface area contributed by atoms with Gasteiger partial charge in [0, 0.05) is 0 Å². The molecule has 0 radical (unpaired) electrons. The molecular formula is C10H6ClN3O4. The summed E-state index contributed by atoms with van der Waals surface area (Å²) in [6.45, 7) is 0. The molecule has 0 spiro atoms. The largest absolute Gasteiger partial charge is 0.478 e. The molecule has 8 heteroatoms. The van der Waals surface area contributed by atoms with Gasteiger partial charge in [0.1, 0.15) is 0 Å². The minimum atomic E-state index is -1.21. The van der Waals surface area contributed by atoms with Gasteiger partial charge >= 0.3 is 11.9 Å². The van der Waals surface area contributed by atoms with Crippen molar-refractivity contribution in [3.05, 3.63) is 40.7 Å². The van der Waals surface area contributed by atoms with Gasteiger partial charge in [-0.15, -0.1) is 5.10 Å². The van der Waals surface area contributed by atoms with E-state index in [0.717, 1.165) is 4.68 Å². The molecule has 0 unspecified atom stereocenters. The SMILES string of the molecule is O=C(O)c1cn(-c2ccc(Cl)c(C(=O)O)c2)nn1. The molecule has 1 aromatic carbocycles. The highest BCUT2D eigenvalue weighted by atomic mass is 35.5. The second-order valence-electron chi connectivity index (χ2n) is 3.32. The zero-order chi connectivity index (χ0) is 13.3. The number of rotatable bonds is 3. The lowest BCUT2D eigenvalue weighted by Gasteiger charge is -2.03. The predicted molar refractivity (Wildman–Crippen MR) is 60.3 cm³/mol. The van der Waals surface area contributed by atoms with Gasteiger partial charge in [-0.2, -0.15) is 0 Å². The zero-order valence-electron chi connectivity index (χ0n) is 8.74. The van der Waals surface area contributed by atoms with E-state index in [2.05, 4.69) is 10.3 Å². The Bertz CT molecular complexity index is 638. The fourth-order valence-electron chi connectivity index (χ4n) is 1.31. The molecule has 1 aromatic heterocycles. The minimum Gasteiger partial charge on any atom is -0.478 e. The van der Waals surface area contributed by atoms with Crippen molar-refractivity contribution >= 4 is 23.5 Å². The Morgan fingerprint density at radius 1 is 1.22 bits per heavy atom. The summed E-state index contributed by atoms with van der Waals surface area (Å²) in [7, 11) is 0. The summed E-state index contributed by atoms with van der Waals surface area (Å²) in [4.78, 5) is 21.5. The molecule has 92 valence electrons. The van der Waals surface area contributed by atoms with Gasteiger partial charge in [-0.05, 0) is 18.2 Å². The van der Waals surface area contributed by atoms with Crippen molar-refractivity contribution in [2.75, 3.05) is 0 Å². The van der Waals surface area contributed by atoms with Crippen LogP contribution in [0.3, 0.4) is 0 Å². The van der Waals surface area contributed by atoms with E-state index in [4.69, 9.17) is 21.8 Å². The summed E-state index contributed by atoms with van der Waals surface area (Å²) in [6.07, 6.45) is 1.18. The molecule has 0 atom stereocenters. The van der Waals surface area contributed by atoms with Crippen molar-refractivity contribution in [3.63, 3.8) is 0 Å². The van der Waals surface area contributed by atoms with Crippen LogP contribution in [0.25, 0.3) is 5.69 Å². The van der Waals surface area contributed by atoms with Gasteiger partial charge in [0.25, 0.3) is 0 Å². The van der Waals surface area contributed by atoms with E-state index in [1.807, 2.05) is 0 Å². The first-order valence-corrected chi connectivity index (χ1v) is 5.05. The average Bonchev–Trinajstić information content (AvgIpc) is 2.78. The van der Waals surface area contributed by atoms with Crippen molar-refractivity contribution in [2.45, 2.75) is 0 Å². The van der Waals surface area contributed by atoms with Crippen LogP contribution in [0.15, 0.2) is 24.4 Å². The molecule has 7 nitrogen and oxygen atoms in total. The lowest BCUT2D eigenvalue weighted by Crippen LogP contribution is -2.01. The van der Waals surface area contributed by atoms with E-state index >= 15 is 0 Å². The third-order valence-corrected chi connectivity index (χ3v) is 2.49. The number of carbonyl (C=O) groups is 2. The number of aromatic nitrogens is 3. The van der Waals surface area contributed by atoms with Crippen molar-refractivity contribution in [2.24, 2.45) is 0 Å². The molecule has 0 amide bonds. The number of carboxylic acid groups (broad SMARTS) is 2. The van der Waals surface area contributed by atoms with Crippen molar-refractivity contribution < 1.29 is 19.8 Å². The van der Waals surface area contributed by atoms with Crippen LogP contribution in [-0.4, -0.2) is 37.1 Å². The lowest BCUT2D eigenvalue weighted by atomic mass is 10.2. The molecule has 0 aliphatic heterocycles. The van der Waals surface area contributed by atoms with E-state index < -0.39 is 11.9 Å². The minimum absolute atomic E-state index is 0.0878. The van der Waals surface area contributed by atoms with E-state index in [-0.39, 0.29) is 16.3 Å². The van der Waals surface area contributed by atoms with E-state index in [1.165, 1.54) is 24.4 Å². The van der Waals surface area contributed by atoms with Crippen LogP contribution in [0.2, 0.25) is 5.02 Å². The molecule has 2 N–H and O–H groups in total. The van der Waals surface area contributed by atoms with Crippen LogP contribution in [0, 0.1) is 0 Å². The van der Waals surface area contributed by atoms with E-state index in [9.17, 15) is 9.59 Å². The molecule has 0 saturated carbocycles. The van der Waals surface area contributed by atoms with Crippen LogP contribution in [-0.2, 0) is 0 Å². The summed E-state index contributed by atoms with van der Waals surface area (Å²) in [5.41, 5.74) is 0.0279. The smallest absolute Gasteiger partial charge is 0.358 e. The highest BCUT2D eigenvalue weighted by Crippen LogP contribution is 2.19. The number of nitrogens with zero attached hydrogens (tertiary/aromatic N) is 3. The topological polar surface area (TPSA) is 105 Å². The van der Waals surface area contributed by atoms with Crippen LogP contribution in [0.4, 0.5) is 0 Å². The number of aromatic carboxylic acids is 2. The summed E-state index contributed by atoms with van der Waals surface area (Å²) < 4.78 is 1.16. The maximum absolute atomic E-state index is 10.9. The molecule has 0 aliphatic carbocycles. The van der Waals surface area contributed by atoms with E-state index in [0.29, 0.717) is 5.69 Å². The van der Waals surface area contributed by atoms with Gasteiger partial charge < -0.3 is 10.2 Å². The van der Waals surface area contributed by atoms with Gasteiger partial charge in [-0.1, -0.05) is 16.8 Å². The van der Waals surface area contributed by atoms with Crippen molar-refractivity contribution in [1.29, 1.82) is 0 Å². The quantitative estimate of drug-likeness (QED) is 0.869. The fraction of sp³-hybridized carbons (Fsp3) is 0. The maximum atomic E-state index is 10.9. The van der Waals surface area contributed by atoms with Crippen molar-refractivity contribution in [3.8, 4) is 5.69 Å². The second-order valence-corrected chi connectivity index (χ2v) is 3.73. The standard InChI is InChI=1S/C10H6ClN3O4/c11-7-2-1-5(3-6(7)9(15)16)14-4-8(10(17)18)12-13-14/h1-4H,(H,15,16)(H,17,18). The molecule has 0 saturated heterocycles. The summed E-state index contributed by atoms with van der Waals surface area (Å²) in [6, 6.07) is 4.18.